The number of carbonyl (C=O) groups excluding carboxylic acids is 1. The highest BCUT2D eigenvalue weighted by atomic mass is 32.2. The lowest BCUT2D eigenvalue weighted by Gasteiger charge is -2.34. The zero-order valence-corrected chi connectivity index (χ0v) is 19.2. The Balaban J connectivity index is 1.48. The van der Waals surface area contributed by atoms with Crippen molar-refractivity contribution < 1.29 is 17.9 Å². The van der Waals surface area contributed by atoms with Gasteiger partial charge in [-0.3, -0.25) is 0 Å². The largest absolute Gasteiger partial charge is 0.465 e. The number of esters is 1. The molecule has 0 atom stereocenters. The van der Waals surface area contributed by atoms with Crippen molar-refractivity contribution >= 4 is 44.8 Å². The third kappa shape index (κ3) is 4.56. The van der Waals surface area contributed by atoms with Crippen LogP contribution in [0, 0.1) is 6.92 Å². The van der Waals surface area contributed by atoms with Crippen molar-refractivity contribution in [1.82, 2.24) is 19.3 Å². The van der Waals surface area contributed by atoms with Gasteiger partial charge in [0.2, 0.25) is 10.0 Å². The molecule has 1 fully saturated rings. The lowest BCUT2D eigenvalue weighted by molar-refractivity contribution is 0.0602. The first-order valence-electron chi connectivity index (χ1n) is 9.83. The number of aryl methyl sites for hydroxylation is 1. The van der Waals surface area contributed by atoms with Gasteiger partial charge in [-0.2, -0.15) is 4.31 Å². The van der Waals surface area contributed by atoms with Crippen molar-refractivity contribution in [2.75, 3.05) is 43.5 Å². The molecule has 1 saturated heterocycles. The summed E-state index contributed by atoms with van der Waals surface area (Å²) in [5.41, 5.74) is 0. The Morgan fingerprint density at radius 3 is 2.59 bits per heavy atom. The van der Waals surface area contributed by atoms with Crippen molar-refractivity contribution in [3.05, 3.63) is 52.6 Å². The number of methoxy groups -OCH3 is 1. The van der Waals surface area contributed by atoms with Gasteiger partial charge in [-0.25, -0.2) is 28.2 Å². The van der Waals surface area contributed by atoms with Crippen molar-refractivity contribution in [3.8, 4) is 0 Å². The van der Waals surface area contributed by atoms with Gasteiger partial charge in [0.05, 0.1) is 7.11 Å². The Hall–Kier alpha value is -3.09. The van der Waals surface area contributed by atoms with Crippen molar-refractivity contribution in [3.63, 3.8) is 0 Å². The maximum atomic E-state index is 13.1. The monoisotopic (exact) mass is 474 g/mol. The summed E-state index contributed by atoms with van der Waals surface area (Å²) in [5.74, 6) is 1.93. The topological polar surface area (TPSA) is 118 Å². The fraction of sp³-hybridized carbons (Fsp3) is 0.300. The summed E-state index contributed by atoms with van der Waals surface area (Å²) in [6, 6.07) is 8.82. The molecule has 32 heavy (non-hydrogen) atoms. The highest BCUT2D eigenvalue weighted by Gasteiger charge is 2.33. The second-order valence-electron chi connectivity index (χ2n) is 7.00. The van der Waals surface area contributed by atoms with Crippen molar-refractivity contribution in [2.24, 2.45) is 0 Å². The lowest BCUT2D eigenvalue weighted by Crippen LogP contribution is -2.49. The number of pyridine rings is 1. The molecule has 0 saturated carbocycles. The third-order valence-electron chi connectivity index (χ3n) is 4.93. The number of rotatable bonds is 6. The van der Waals surface area contributed by atoms with Crippen LogP contribution < -0.4 is 10.2 Å². The van der Waals surface area contributed by atoms with Gasteiger partial charge in [0.1, 0.15) is 33.1 Å². The van der Waals surface area contributed by atoms with E-state index in [2.05, 4.69) is 20.3 Å². The number of nitrogens with one attached hydrogen (secondary N) is 1. The molecular weight excluding hydrogens is 452 g/mol. The minimum Gasteiger partial charge on any atom is -0.465 e. The predicted octanol–water partition coefficient (Wildman–Crippen LogP) is 2.28. The number of nitrogens with zero attached hydrogens (tertiary/aromatic N) is 5. The second-order valence-corrected chi connectivity index (χ2v) is 9.82. The molecule has 3 aromatic rings. The number of thiophene rings is 1. The summed E-state index contributed by atoms with van der Waals surface area (Å²) in [5, 5.41) is 4.74. The fourth-order valence-corrected chi connectivity index (χ4v) is 6.11. The van der Waals surface area contributed by atoms with E-state index in [1.807, 2.05) is 29.2 Å². The van der Waals surface area contributed by atoms with E-state index in [0.29, 0.717) is 36.4 Å². The minimum absolute atomic E-state index is 0.0115. The SMILES string of the molecule is COC(=O)c1sccc1S(=O)(=O)N1CCN(c2cc(Nc3ccccn3)nc(C)n2)CC1. The summed E-state index contributed by atoms with van der Waals surface area (Å²) in [6.45, 7) is 3.25. The number of piperazine rings is 1. The van der Waals surface area contributed by atoms with Gasteiger partial charge < -0.3 is 15.0 Å². The predicted molar refractivity (Wildman–Crippen MR) is 121 cm³/mol. The Labute approximate surface area is 189 Å². The molecule has 168 valence electrons. The number of sulfonamides is 1. The average Bonchev–Trinajstić information content (AvgIpc) is 3.30. The van der Waals surface area contributed by atoms with Crippen LogP contribution in [0.25, 0.3) is 0 Å². The molecule has 0 aromatic carbocycles. The number of ether oxygens (including phenoxy) is 1. The van der Waals surface area contributed by atoms with Gasteiger partial charge >= 0.3 is 5.97 Å². The molecule has 1 aliphatic heterocycles. The van der Waals surface area contributed by atoms with Crippen molar-refractivity contribution in [1.29, 1.82) is 0 Å². The molecule has 0 spiro atoms. The number of anilines is 3. The van der Waals surface area contributed by atoms with Crippen LogP contribution >= 0.6 is 11.3 Å². The van der Waals surface area contributed by atoms with Crippen molar-refractivity contribution in [2.45, 2.75) is 11.8 Å². The van der Waals surface area contributed by atoms with Gasteiger partial charge in [0, 0.05) is 38.4 Å². The quantitative estimate of drug-likeness (QED) is 0.537. The first-order valence-corrected chi connectivity index (χ1v) is 12.1. The Morgan fingerprint density at radius 2 is 1.91 bits per heavy atom. The molecule has 0 bridgehead atoms. The van der Waals surface area contributed by atoms with E-state index in [0.717, 1.165) is 11.3 Å². The summed E-state index contributed by atoms with van der Waals surface area (Å²) in [7, 11) is -2.57. The maximum absolute atomic E-state index is 13.1. The van der Waals surface area contributed by atoms with Gasteiger partial charge in [0.15, 0.2) is 0 Å². The summed E-state index contributed by atoms with van der Waals surface area (Å²) < 4.78 is 32.3. The maximum Gasteiger partial charge on any atom is 0.349 e. The van der Waals surface area contributed by atoms with E-state index in [9.17, 15) is 13.2 Å². The number of aromatic nitrogens is 3. The Morgan fingerprint density at radius 1 is 1.12 bits per heavy atom. The van der Waals surface area contributed by atoms with Crippen LogP contribution in [0.3, 0.4) is 0 Å². The van der Waals surface area contributed by atoms with Crippen LogP contribution in [0.5, 0.6) is 0 Å². The van der Waals surface area contributed by atoms with E-state index in [1.165, 1.54) is 17.5 Å². The van der Waals surface area contributed by atoms with Gasteiger partial charge in [-0.15, -0.1) is 11.3 Å². The Kier molecular flexibility index (Phi) is 6.35. The van der Waals surface area contributed by atoms with E-state index in [-0.39, 0.29) is 22.9 Å². The van der Waals surface area contributed by atoms with Crippen LogP contribution in [0.15, 0.2) is 46.8 Å². The summed E-state index contributed by atoms with van der Waals surface area (Å²) >= 11 is 1.05. The normalized spacial score (nSPS) is 14.9. The molecule has 4 heterocycles. The standard InChI is InChI=1S/C20H22N6O4S2/c1-14-22-17(24-16-5-3-4-7-21-16)13-18(23-14)25-8-10-26(11-9-25)32(28,29)15-6-12-31-19(15)20(27)30-2/h3-7,12-13H,8-11H2,1-2H3,(H,21,22,23,24). The molecule has 12 heteroatoms. The highest BCUT2D eigenvalue weighted by molar-refractivity contribution is 7.89. The zero-order chi connectivity index (χ0) is 22.7. The molecule has 4 rings (SSSR count). The Bertz CT molecular complexity index is 1210. The van der Waals surface area contributed by atoms with Crippen LogP contribution in [-0.2, 0) is 14.8 Å². The van der Waals surface area contributed by atoms with Gasteiger partial charge in [-0.05, 0) is 30.5 Å². The molecule has 0 amide bonds. The molecule has 1 aliphatic rings. The number of hydrogen-bond donors (Lipinski definition) is 1. The van der Waals surface area contributed by atoms with Gasteiger partial charge in [-0.1, -0.05) is 6.07 Å². The van der Waals surface area contributed by atoms with Gasteiger partial charge in [0.25, 0.3) is 0 Å². The summed E-state index contributed by atoms with van der Waals surface area (Å²) in [4.78, 5) is 27.2. The minimum atomic E-state index is -3.80. The van der Waals surface area contributed by atoms with Crippen LogP contribution in [0.1, 0.15) is 15.5 Å². The summed E-state index contributed by atoms with van der Waals surface area (Å²) in [6.07, 6.45) is 1.69. The van der Waals surface area contributed by atoms with E-state index in [1.54, 1.807) is 18.5 Å². The molecule has 0 unspecified atom stereocenters. The second kappa shape index (κ2) is 9.18. The molecule has 1 N–H and O–H groups in total. The van der Waals surface area contributed by atoms with E-state index < -0.39 is 16.0 Å². The first kappa shape index (κ1) is 22.1. The molecule has 10 nitrogen and oxygen atoms in total. The first-order chi connectivity index (χ1) is 15.4. The smallest absolute Gasteiger partial charge is 0.349 e. The van der Waals surface area contributed by atoms with Crippen LogP contribution in [0.2, 0.25) is 0 Å². The van der Waals surface area contributed by atoms with E-state index in [4.69, 9.17) is 4.74 Å². The number of hydrogen-bond acceptors (Lipinski definition) is 10. The zero-order valence-electron chi connectivity index (χ0n) is 17.6. The van der Waals surface area contributed by atoms with Crippen LogP contribution in [0.4, 0.5) is 17.5 Å². The average molecular weight is 475 g/mol. The molecule has 0 aliphatic carbocycles. The molecule has 3 aromatic heterocycles. The fourth-order valence-electron chi connectivity index (χ4n) is 3.38. The lowest BCUT2D eigenvalue weighted by atomic mass is 10.3. The molecular formula is C20H22N6O4S2. The molecule has 0 radical (unpaired) electrons. The highest BCUT2D eigenvalue weighted by Crippen LogP contribution is 2.28. The number of carbonyl (C=O) groups is 1. The van der Waals surface area contributed by atoms with E-state index >= 15 is 0 Å². The third-order valence-corrected chi connectivity index (χ3v) is 7.89. The van der Waals surface area contributed by atoms with Crippen LogP contribution in [-0.4, -0.2) is 66.9 Å².